The van der Waals surface area contributed by atoms with E-state index in [9.17, 15) is 5.11 Å². The van der Waals surface area contributed by atoms with Crippen molar-refractivity contribution >= 4 is 0 Å². The molecule has 2 fully saturated rings. The van der Waals surface area contributed by atoms with Crippen molar-refractivity contribution in [2.75, 3.05) is 6.61 Å². The fraction of sp³-hybridized carbons (Fsp3) is 1.00. The van der Waals surface area contributed by atoms with E-state index in [1.807, 2.05) is 0 Å². The molecule has 1 heterocycles. The Balaban J connectivity index is 1.96. The Morgan fingerprint density at radius 1 is 1.35 bits per heavy atom. The van der Waals surface area contributed by atoms with Crippen LogP contribution in [0.2, 0.25) is 0 Å². The molecular weight excluding hydrogens is 212 g/mol. The van der Waals surface area contributed by atoms with Crippen LogP contribution in [0.15, 0.2) is 0 Å². The van der Waals surface area contributed by atoms with Crippen LogP contribution in [-0.2, 0) is 4.74 Å². The highest BCUT2D eigenvalue weighted by molar-refractivity contribution is 4.93. The van der Waals surface area contributed by atoms with Gasteiger partial charge in [-0.05, 0) is 37.5 Å². The molecular formula is C15H28O2. The van der Waals surface area contributed by atoms with Gasteiger partial charge in [-0.25, -0.2) is 0 Å². The molecule has 0 aromatic rings. The maximum Gasteiger partial charge on any atom is 0.0722 e. The first-order valence-electron chi connectivity index (χ1n) is 7.48. The van der Waals surface area contributed by atoms with Crippen LogP contribution in [0, 0.1) is 11.8 Å². The molecule has 4 atom stereocenters. The number of hydrogen-bond donors (Lipinski definition) is 1. The van der Waals surface area contributed by atoms with E-state index in [0.29, 0.717) is 12.0 Å². The predicted octanol–water partition coefficient (Wildman–Crippen LogP) is 3.52. The van der Waals surface area contributed by atoms with E-state index < -0.39 is 5.60 Å². The van der Waals surface area contributed by atoms with E-state index in [-0.39, 0.29) is 0 Å². The van der Waals surface area contributed by atoms with Crippen molar-refractivity contribution in [1.29, 1.82) is 0 Å². The van der Waals surface area contributed by atoms with Crippen molar-refractivity contribution in [3.63, 3.8) is 0 Å². The highest BCUT2D eigenvalue weighted by Crippen LogP contribution is 2.42. The molecule has 0 bridgehead atoms. The molecule has 1 N–H and O–H groups in total. The highest BCUT2D eigenvalue weighted by Gasteiger charge is 2.42. The van der Waals surface area contributed by atoms with E-state index in [4.69, 9.17) is 4.74 Å². The van der Waals surface area contributed by atoms with Crippen LogP contribution >= 0.6 is 0 Å². The molecule has 100 valence electrons. The first kappa shape index (κ1) is 13.4. The third-order valence-electron chi connectivity index (χ3n) is 4.78. The Bertz CT molecular complexity index is 239. The lowest BCUT2D eigenvalue weighted by atomic mass is 9.69. The second-order valence-electron chi connectivity index (χ2n) is 6.31. The summed E-state index contributed by atoms with van der Waals surface area (Å²) in [5, 5.41) is 10.9. The predicted molar refractivity (Wildman–Crippen MR) is 70.0 cm³/mol. The molecule has 1 saturated carbocycles. The van der Waals surface area contributed by atoms with E-state index in [2.05, 4.69) is 13.8 Å². The number of ether oxygens (including phenoxy) is 1. The van der Waals surface area contributed by atoms with E-state index >= 15 is 0 Å². The van der Waals surface area contributed by atoms with Gasteiger partial charge in [-0.1, -0.05) is 33.1 Å². The summed E-state index contributed by atoms with van der Waals surface area (Å²) >= 11 is 0. The fourth-order valence-electron chi connectivity index (χ4n) is 3.76. The normalized spacial score (nSPS) is 43.6. The van der Waals surface area contributed by atoms with Gasteiger partial charge >= 0.3 is 0 Å². The maximum atomic E-state index is 10.9. The molecule has 0 aromatic carbocycles. The van der Waals surface area contributed by atoms with Gasteiger partial charge in [0.05, 0.1) is 11.7 Å². The molecule has 0 aromatic heterocycles. The summed E-state index contributed by atoms with van der Waals surface area (Å²) in [4.78, 5) is 0. The molecule has 17 heavy (non-hydrogen) atoms. The summed E-state index contributed by atoms with van der Waals surface area (Å²) < 4.78 is 5.77. The van der Waals surface area contributed by atoms with Gasteiger partial charge in [0, 0.05) is 13.0 Å². The average Bonchev–Trinajstić information content (AvgIpc) is 2.30. The Morgan fingerprint density at radius 2 is 2.18 bits per heavy atom. The van der Waals surface area contributed by atoms with Gasteiger partial charge in [-0.2, -0.15) is 0 Å². The lowest BCUT2D eigenvalue weighted by molar-refractivity contribution is -0.141. The van der Waals surface area contributed by atoms with Crippen molar-refractivity contribution < 1.29 is 9.84 Å². The Kier molecular flexibility index (Phi) is 4.48. The van der Waals surface area contributed by atoms with Crippen LogP contribution < -0.4 is 0 Å². The van der Waals surface area contributed by atoms with Crippen molar-refractivity contribution in [3.8, 4) is 0 Å². The minimum Gasteiger partial charge on any atom is -0.389 e. The summed E-state index contributed by atoms with van der Waals surface area (Å²) in [5.74, 6) is 1.32. The largest absolute Gasteiger partial charge is 0.389 e. The summed E-state index contributed by atoms with van der Waals surface area (Å²) in [6.45, 7) is 5.28. The average molecular weight is 240 g/mol. The van der Waals surface area contributed by atoms with Crippen molar-refractivity contribution in [2.45, 2.75) is 76.9 Å². The van der Waals surface area contributed by atoms with Gasteiger partial charge in [0.15, 0.2) is 0 Å². The zero-order valence-electron chi connectivity index (χ0n) is 11.5. The molecule has 0 radical (unpaired) electrons. The van der Waals surface area contributed by atoms with Crippen LogP contribution in [0.5, 0.6) is 0 Å². The molecule has 2 nitrogen and oxygen atoms in total. The second kappa shape index (κ2) is 5.71. The summed E-state index contributed by atoms with van der Waals surface area (Å²) in [6.07, 6.45) is 9.37. The third kappa shape index (κ3) is 3.23. The quantitative estimate of drug-likeness (QED) is 0.818. The van der Waals surface area contributed by atoms with Crippen LogP contribution in [-0.4, -0.2) is 23.4 Å². The molecule has 0 spiro atoms. The third-order valence-corrected chi connectivity index (χ3v) is 4.78. The molecule has 1 saturated heterocycles. The first-order valence-corrected chi connectivity index (χ1v) is 7.48. The zero-order chi connectivity index (χ0) is 12.3. The second-order valence-corrected chi connectivity index (χ2v) is 6.31. The van der Waals surface area contributed by atoms with Gasteiger partial charge < -0.3 is 9.84 Å². The molecule has 2 heteroatoms. The van der Waals surface area contributed by atoms with E-state index in [0.717, 1.165) is 38.2 Å². The van der Waals surface area contributed by atoms with Crippen LogP contribution in [0.25, 0.3) is 0 Å². The summed E-state index contributed by atoms with van der Waals surface area (Å²) in [7, 11) is 0. The van der Waals surface area contributed by atoms with Gasteiger partial charge in [0.2, 0.25) is 0 Å². The SMILES string of the molecule is CCCC1CC(O)(C2CCCC(C)C2)CCO1. The number of aliphatic hydroxyl groups is 1. The van der Waals surface area contributed by atoms with Gasteiger partial charge in [-0.3, -0.25) is 0 Å². The molecule has 0 amide bonds. The number of rotatable bonds is 3. The Hall–Kier alpha value is -0.0800. The minimum atomic E-state index is -0.424. The zero-order valence-corrected chi connectivity index (χ0v) is 11.5. The van der Waals surface area contributed by atoms with Gasteiger partial charge in [0.1, 0.15) is 0 Å². The molecule has 1 aliphatic heterocycles. The monoisotopic (exact) mass is 240 g/mol. The van der Waals surface area contributed by atoms with Gasteiger partial charge in [-0.15, -0.1) is 0 Å². The molecule has 1 aliphatic carbocycles. The van der Waals surface area contributed by atoms with Crippen molar-refractivity contribution in [1.82, 2.24) is 0 Å². The van der Waals surface area contributed by atoms with E-state index in [1.165, 1.54) is 25.7 Å². The maximum absolute atomic E-state index is 10.9. The minimum absolute atomic E-state index is 0.302. The number of hydrogen-bond acceptors (Lipinski definition) is 2. The van der Waals surface area contributed by atoms with Crippen molar-refractivity contribution in [3.05, 3.63) is 0 Å². The lowest BCUT2D eigenvalue weighted by Gasteiger charge is -2.45. The summed E-state index contributed by atoms with van der Waals surface area (Å²) in [5.41, 5.74) is -0.424. The summed E-state index contributed by atoms with van der Waals surface area (Å²) in [6, 6.07) is 0. The highest BCUT2D eigenvalue weighted by atomic mass is 16.5. The Morgan fingerprint density at radius 3 is 2.88 bits per heavy atom. The van der Waals surface area contributed by atoms with Gasteiger partial charge in [0.25, 0.3) is 0 Å². The topological polar surface area (TPSA) is 29.5 Å². The Labute approximate surface area is 106 Å². The van der Waals surface area contributed by atoms with Crippen LogP contribution in [0.4, 0.5) is 0 Å². The van der Waals surface area contributed by atoms with Crippen molar-refractivity contribution in [2.24, 2.45) is 11.8 Å². The molecule has 4 unspecified atom stereocenters. The van der Waals surface area contributed by atoms with Crippen LogP contribution in [0.3, 0.4) is 0 Å². The van der Waals surface area contributed by atoms with E-state index in [1.54, 1.807) is 0 Å². The lowest BCUT2D eigenvalue weighted by Crippen LogP contribution is -2.47. The smallest absolute Gasteiger partial charge is 0.0722 e. The molecule has 2 aliphatic rings. The standard InChI is InChI=1S/C15H28O2/c1-3-5-14-11-15(16,8-9-17-14)13-7-4-6-12(2)10-13/h12-14,16H,3-11H2,1-2H3. The fourth-order valence-corrected chi connectivity index (χ4v) is 3.76. The van der Waals surface area contributed by atoms with Crippen LogP contribution in [0.1, 0.15) is 65.2 Å². The molecule has 2 rings (SSSR count). The first-order chi connectivity index (χ1) is 8.14.